The minimum absolute atomic E-state index is 0.204. The standard InChI is InChI=1S/C13H14O4/c1-2-17-12(16)13(11(14)15)8-10(13)9-6-4-3-5-7-9/h3-7,10H,2,8H2,1H3,(H,14,15)/t10-,13-/m0/s1. The summed E-state index contributed by atoms with van der Waals surface area (Å²) in [6.07, 6.45) is 0.325. The molecule has 1 aromatic rings. The predicted octanol–water partition coefficient (Wildman–Crippen LogP) is 1.81. The SMILES string of the molecule is CCOC(=O)[C@@]1(C(=O)O)C[C@H]1c1ccccc1. The molecule has 4 heteroatoms. The van der Waals surface area contributed by atoms with Crippen LogP contribution in [0.15, 0.2) is 30.3 Å². The van der Waals surface area contributed by atoms with Gasteiger partial charge in [-0.2, -0.15) is 0 Å². The van der Waals surface area contributed by atoms with E-state index in [0.29, 0.717) is 6.42 Å². The van der Waals surface area contributed by atoms with Crippen LogP contribution >= 0.6 is 0 Å². The minimum Gasteiger partial charge on any atom is -0.480 e. The zero-order chi connectivity index (χ0) is 12.5. The molecule has 1 saturated carbocycles. The van der Waals surface area contributed by atoms with Crippen LogP contribution in [0.3, 0.4) is 0 Å². The fraction of sp³-hybridized carbons (Fsp3) is 0.385. The van der Waals surface area contributed by atoms with Crippen molar-refractivity contribution in [3.05, 3.63) is 35.9 Å². The fourth-order valence-corrected chi connectivity index (χ4v) is 2.16. The summed E-state index contributed by atoms with van der Waals surface area (Å²) in [6, 6.07) is 9.22. The van der Waals surface area contributed by atoms with E-state index in [1.807, 2.05) is 30.3 Å². The molecule has 0 bridgehead atoms. The van der Waals surface area contributed by atoms with Crippen LogP contribution < -0.4 is 0 Å². The van der Waals surface area contributed by atoms with Crippen LogP contribution in [-0.4, -0.2) is 23.7 Å². The van der Waals surface area contributed by atoms with E-state index >= 15 is 0 Å². The lowest BCUT2D eigenvalue weighted by molar-refractivity contribution is -0.161. The number of carboxylic acid groups (broad SMARTS) is 1. The highest BCUT2D eigenvalue weighted by Gasteiger charge is 2.67. The van der Waals surface area contributed by atoms with E-state index in [-0.39, 0.29) is 12.5 Å². The molecule has 1 N–H and O–H groups in total. The van der Waals surface area contributed by atoms with Gasteiger partial charge in [-0.05, 0) is 18.9 Å². The molecule has 0 aromatic heterocycles. The van der Waals surface area contributed by atoms with Crippen LogP contribution in [-0.2, 0) is 14.3 Å². The van der Waals surface area contributed by atoms with Crippen molar-refractivity contribution in [3.63, 3.8) is 0 Å². The molecule has 0 heterocycles. The maximum atomic E-state index is 11.7. The zero-order valence-corrected chi connectivity index (χ0v) is 9.55. The molecule has 1 aromatic carbocycles. The number of rotatable bonds is 4. The number of carbonyl (C=O) groups is 2. The van der Waals surface area contributed by atoms with Crippen molar-refractivity contribution in [1.29, 1.82) is 0 Å². The summed E-state index contributed by atoms with van der Waals surface area (Å²) in [4.78, 5) is 23.0. The highest BCUT2D eigenvalue weighted by Crippen LogP contribution is 2.60. The van der Waals surface area contributed by atoms with Crippen LogP contribution in [0.5, 0.6) is 0 Å². The van der Waals surface area contributed by atoms with E-state index in [9.17, 15) is 14.7 Å². The van der Waals surface area contributed by atoms with E-state index < -0.39 is 17.4 Å². The van der Waals surface area contributed by atoms with Gasteiger partial charge in [-0.1, -0.05) is 30.3 Å². The maximum Gasteiger partial charge on any atom is 0.324 e. The van der Waals surface area contributed by atoms with Gasteiger partial charge in [0.15, 0.2) is 5.41 Å². The summed E-state index contributed by atoms with van der Waals surface area (Å²) in [5.41, 5.74) is -0.486. The number of carbonyl (C=O) groups excluding carboxylic acids is 1. The van der Waals surface area contributed by atoms with Crippen molar-refractivity contribution >= 4 is 11.9 Å². The Bertz CT molecular complexity index is 440. The molecule has 1 aliphatic rings. The molecule has 0 aliphatic heterocycles. The molecule has 0 amide bonds. The third-order valence-corrected chi connectivity index (χ3v) is 3.18. The molecule has 90 valence electrons. The summed E-state index contributed by atoms with van der Waals surface area (Å²) >= 11 is 0. The second kappa shape index (κ2) is 4.20. The first kappa shape index (κ1) is 11.6. The first-order valence-corrected chi connectivity index (χ1v) is 5.58. The Kier molecular flexibility index (Phi) is 2.88. The van der Waals surface area contributed by atoms with Crippen LogP contribution in [0, 0.1) is 5.41 Å². The molecular weight excluding hydrogens is 220 g/mol. The monoisotopic (exact) mass is 234 g/mol. The Balaban J connectivity index is 2.25. The van der Waals surface area contributed by atoms with E-state index in [1.165, 1.54) is 0 Å². The first-order chi connectivity index (χ1) is 8.13. The molecule has 2 atom stereocenters. The van der Waals surface area contributed by atoms with Crippen LogP contribution in [0.25, 0.3) is 0 Å². The number of ether oxygens (including phenoxy) is 1. The third-order valence-electron chi connectivity index (χ3n) is 3.18. The molecule has 1 fully saturated rings. The van der Waals surface area contributed by atoms with E-state index in [2.05, 4.69) is 0 Å². The Morgan fingerprint density at radius 1 is 1.41 bits per heavy atom. The lowest BCUT2D eigenvalue weighted by atomic mass is 9.99. The molecule has 0 saturated heterocycles. The Hall–Kier alpha value is -1.84. The van der Waals surface area contributed by atoms with Crippen LogP contribution in [0.1, 0.15) is 24.8 Å². The second-order valence-electron chi connectivity index (χ2n) is 4.16. The summed E-state index contributed by atoms with van der Waals surface area (Å²) in [6.45, 7) is 1.88. The quantitative estimate of drug-likeness (QED) is 0.637. The highest BCUT2D eigenvalue weighted by molar-refractivity contribution is 6.04. The van der Waals surface area contributed by atoms with Crippen molar-refractivity contribution < 1.29 is 19.4 Å². The lowest BCUT2D eigenvalue weighted by Gasteiger charge is -2.11. The second-order valence-corrected chi connectivity index (χ2v) is 4.16. The summed E-state index contributed by atoms with van der Waals surface area (Å²) in [5, 5.41) is 9.23. The number of hydrogen-bond donors (Lipinski definition) is 1. The van der Waals surface area contributed by atoms with Gasteiger partial charge in [0.05, 0.1) is 6.61 Å². The van der Waals surface area contributed by atoms with Gasteiger partial charge in [0.2, 0.25) is 0 Å². The topological polar surface area (TPSA) is 63.6 Å². The summed E-state index contributed by atoms with van der Waals surface area (Å²) < 4.78 is 4.86. The number of carboxylic acids is 1. The normalized spacial score (nSPS) is 26.3. The Labute approximate surface area is 99.2 Å². The Morgan fingerprint density at radius 3 is 2.59 bits per heavy atom. The largest absolute Gasteiger partial charge is 0.480 e. The van der Waals surface area contributed by atoms with Crippen molar-refractivity contribution in [2.75, 3.05) is 6.61 Å². The molecular formula is C13H14O4. The van der Waals surface area contributed by atoms with Gasteiger partial charge < -0.3 is 9.84 Å². The predicted molar refractivity (Wildman–Crippen MR) is 60.5 cm³/mol. The van der Waals surface area contributed by atoms with Crippen LogP contribution in [0.2, 0.25) is 0 Å². The summed E-state index contributed by atoms with van der Waals surface area (Å²) in [5.74, 6) is -1.98. The van der Waals surface area contributed by atoms with Gasteiger partial charge >= 0.3 is 11.9 Å². The average molecular weight is 234 g/mol. The maximum absolute atomic E-state index is 11.7. The molecule has 2 rings (SSSR count). The van der Waals surface area contributed by atoms with Gasteiger partial charge in [-0.25, -0.2) is 0 Å². The molecule has 1 aliphatic carbocycles. The molecule has 0 spiro atoms. The van der Waals surface area contributed by atoms with Crippen molar-refractivity contribution in [1.82, 2.24) is 0 Å². The summed E-state index contributed by atoms with van der Waals surface area (Å²) in [7, 11) is 0. The van der Waals surface area contributed by atoms with Gasteiger partial charge in [-0.3, -0.25) is 9.59 Å². The van der Waals surface area contributed by atoms with Gasteiger partial charge in [0.25, 0.3) is 0 Å². The average Bonchev–Trinajstić information content (AvgIpc) is 3.07. The molecule has 4 nitrogen and oxygen atoms in total. The zero-order valence-electron chi connectivity index (χ0n) is 9.55. The first-order valence-electron chi connectivity index (χ1n) is 5.58. The van der Waals surface area contributed by atoms with E-state index in [1.54, 1.807) is 6.92 Å². The number of aliphatic carboxylic acids is 1. The number of hydrogen-bond acceptors (Lipinski definition) is 3. The third kappa shape index (κ3) is 1.79. The van der Waals surface area contributed by atoms with Gasteiger partial charge in [-0.15, -0.1) is 0 Å². The van der Waals surface area contributed by atoms with Gasteiger partial charge in [0.1, 0.15) is 0 Å². The number of esters is 1. The van der Waals surface area contributed by atoms with Crippen LogP contribution in [0.4, 0.5) is 0 Å². The number of benzene rings is 1. The van der Waals surface area contributed by atoms with E-state index in [0.717, 1.165) is 5.56 Å². The molecule has 0 radical (unpaired) electrons. The fourth-order valence-electron chi connectivity index (χ4n) is 2.16. The van der Waals surface area contributed by atoms with Gasteiger partial charge in [0, 0.05) is 5.92 Å². The smallest absolute Gasteiger partial charge is 0.324 e. The molecule has 0 unspecified atom stereocenters. The van der Waals surface area contributed by atoms with E-state index in [4.69, 9.17) is 4.74 Å². The van der Waals surface area contributed by atoms with Crippen molar-refractivity contribution in [3.8, 4) is 0 Å². The highest BCUT2D eigenvalue weighted by atomic mass is 16.5. The molecule has 17 heavy (non-hydrogen) atoms. The lowest BCUT2D eigenvalue weighted by Crippen LogP contribution is -2.29. The Morgan fingerprint density at radius 2 is 2.06 bits per heavy atom. The minimum atomic E-state index is -1.36. The van der Waals surface area contributed by atoms with Crippen molar-refractivity contribution in [2.24, 2.45) is 5.41 Å². The van der Waals surface area contributed by atoms with Crippen molar-refractivity contribution in [2.45, 2.75) is 19.3 Å².